The fourth-order valence-electron chi connectivity index (χ4n) is 3.51. The van der Waals surface area contributed by atoms with Crippen LogP contribution in [0.25, 0.3) is 0 Å². The third-order valence-corrected chi connectivity index (χ3v) is 5.15. The second kappa shape index (κ2) is 10.4. The minimum atomic E-state index is -0.508. The topological polar surface area (TPSA) is 77.1 Å². The molecule has 1 aliphatic rings. The minimum absolute atomic E-state index is 0.133. The molecule has 2 aromatic carbocycles. The monoisotopic (exact) mass is 440 g/mol. The van der Waals surface area contributed by atoms with Crippen molar-refractivity contribution in [2.45, 2.75) is 51.9 Å². The molecule has 0 aromatic heterocycles. The molecule has 1 aliphatic heterocycles. The Morgan fingerprint density at radius 1 is 1.06 bits per heavy atom. The van der Waals surface area contributed by atoms with Gasteiger partial charge in [-0.05, 0) is 57.4 Å². The van der Waals surface area contributed by atoms with Crippen molar-refractivity contribution in [3.63, 3.8) is 0 Å². The normalized spacial score (nSPS) is 14.6. The summed E-state index contributed by atoms with van der Waals surface area (Å²) in [4.78, 5) is 26.4. The van der Waals surface area contributed by atoms with E-state index in [4.69, 9.17) is 14.2 Å². The number of anilines is 1. The molecule has 172 valence electrons. The number of benzene rings is 2. The molecular weight excluding hydrogens is 408 g/mol. The van der Waals surface area contributed by atoms with Crippen molar-refractivity contribution in [3.8, 4) is 5.75 Å². The highest BCUT2D eigenvalue weighted by molar-refractivity contribution is 5.96. The van der Waals surface area contributed by atoms with Gasteiger partial charge in [0.25, 0.3) is 0 Å². The van der Waals surface area contributed by atoms with Crippen molar-refractivity contribution in [2.75, 3.05) is 25.5 Å². The van der Waals surface area contributed by atoms with Gasteiger partial charge < -0.3 is 24.4 Å². The second-order valence-electron chi connectivity index (χ2n) is 8.86. The number of hydrogen-bond acceptors (Lipinski definition) is 6. The third-order valence-electron chi connectivity index (χ3n) is 5.15. The molecule has 0 bridgehead atoms. The van der Waals surface area contributed by atoms with Crippen molar-refractivity contribution >= 4 is 17.7 Å². The zero-order chi connectivity index (χ0) is 23.1. The second-order valence-corrected chi connectivity index (χ2v) is 8.86. The summed E-state index contributed by atoms with van der Waals surface area (Å²) in [6.07, 6.45) is 1.23. The maximum atomic E-state index is 12.4. The molecule has 1 amide bonds. The number of ether oxygens (including phenoxy) is 3. The Morgan fingerprint density at radius 3 is 2.38 bits per heavy atom. The maximum absolute atomic E-state index is 12.4. The molecule has 7 heteroatoms. The summed E-state index contributed by atoms with van der Waals surface area (Å²) in [6.45, 7) is 7.19. The number of methoxy groups -OCH3 is 1. The number of esters is 1. The van der Waals surface area contributed by atoms with Crippen LogP contribution in [0.1, 0.15) is 49.5 Å². The van der Waals surface area contributed by atoms with E-state index < -0.39 is 11.6 Å². The fourth-order valence-corrected chi connectivity index (χ4v) is 3.51. The summed E-state index contributed by atoms with van der Waals surface area (Å²) < 4.78 is 16.3. The average Bonchev–Trinajstić information content (AvgIpc) is 2.78. The number of carbonyl (C=O) groups is 2. The molecule has 0 unspecified atom stereocenters. The van der Waals surface area contributed by atoms with E-state index in [1.165, 1.54) is 7.11 Å². The number of nitrogens with one attached hydrogen (secondary N) is 1. The van der Waals surface area contributed by atoms with Gasteiger partial charge >= 0.3 is 12.1 Å². The molecule has 7 nitrogen and oxygen atoms in total. The Morgan fingerprint density at radius 2 is 1.75 bits per heavy atom. The first-order valence-electron chi connectivity index (χ1n) is 10.9. The van der Waals surface area contributed by atoms with Crippen molar-refractivity contribution in [2.24, 2.45) is 0 Å². The van der Waals surface area contributed by atoms with Gasteiger partial charge in [0, 0.05) is 24.8 Å². The molecule has 0 radical (unpaired) electrons. The fraction of sp³-hybridized carbons (Fsp3) is 0.440. The van der Waals surface area contributed by atoms with Crippen LogP contribution in [0, 0.1) is 0 Å². The number of rotatable bonds is 6. The lowest BCUT2D eigenvalue weighted by molar-refractivity contribution is 0.0210. The molecule has 0 atom stereocenters. The number of amides is 1. The van der Waals surface area contributed by atoms with E-state index in [-0.39, 0.29) is 12.1 Å². The van der Waals surface area contributed by atoms with Crippen LogP contribution in [-0.4, -0.2) is 48.8 Å². The lowest BCUT2D eigenvalue weighted by Gasteiger charge is -2.34. The van der Waals surface area contributed by atoms with E-state index in [2.05, 4.69) is 5.32 Å². The highest BCUT2D eigenvalue weighted by Crippen LogP contribution is 2.26. The minimum Gasteiger partial charge on any atom is -0.489 e. The van der Waals surface area contributed by atoms with Crippen LogP contribution >= 0.6 is 0 Å². The summed E-state index contributed by atoms with van der Waals surface area (Å²) in [5.41, 5.74) is 1.66. The Hall–Kier alpha value is -3.22. The van der Waals surface area contributed by atoms with E-state index in [1.807, 2.05) is 63.2 Å². The van der Waals surface area contributed by atoms with Gasteiger partial charge in [-0.15, -0.1) is 0 Å². The molecule has 2 aromatic rings. The maximum Gasteiger partial charge on any atom is 0.410 e. The first-order valence-corrected chi connectivity index (χ1v) is 10.9. The number of likely N-dealkylation sites (tertiary alicyclic amines) is 1. The van der Waals surface area contributed by atoms with E-state index in [1.54, 1.807) is 11.0 Å². The molecule has 1 N–H and O–H groups in total. The summed E-state index contributed by atoms with van der Waals surface area (Å²) in [7, 11) is 1.36. The first kappa shape index (κ1) is 23.4. The first-order chi connectivity index (χ1) is 15.2. The standard InChI is InChI=1S/C25H32N2O5/c1-25(2,3)32-24(29)27-14-12-19(13-15-27)26-22-11-10-20(16-21(22)23(28)30-4)31-17-18-8-6-5-7-9-18/h5-11,16,19,26H,12-15,17H2,1-4H3. The molecule has 0 spiro atoms. The van der Waals surface area contributed by atoms with Crippen LogP contribution in [0.15, 0.2) is 48.5 Å². The van der Waals surface area contributed by atoms with Gasteiger partial charge in [0.15, 0.2) is 0 Å². The highest BCUT2D eigenvalue weighted by Gasteiger charge is 2.27. The van der Waals surface area contributed by atoms with Crippen molar-refractivity contribution in [1.82, 2.24) is 4.90 Å². The van der Waals surface area contributed by atoms with E-state index in [0.29, 0.717) is 36.7 Å². The smallest absolute Gasteiger partial charge is 0.410 e. The van der Waals surface area contributed by atoms with Crippen LogP contribution < -0.4 is 10.1 Å². The summed E-state index contributed by atoms with van der Waals surface area (Å²) >= 11 is 0. The van der Waals surface area contributed by atoms with Crippen LogP contribution in [0.2, 0.25) is 0 Å². The molecule has 1 fully saturated rings. The predicted molar refractivity (Wildman–Crippen MR) is 123 cm³/mol. The molecule has 1 heterocycles. The van der Waals surface area contributed by atoms with Crippen LogP contribution in [0.3, 0.4) is 0 Å². The zero-order valence-electron chi connectivity index (χ0n) is 19.2. The van der Waals surface area contributed by atoms with Crippen LogP contribution in [-0.2, 0) is 16.1 Å². The van der Waals surface area contributed by atoms with Crippen molar-refractivity contribution in [1.29, 1.82) is 0 Å². The van der Waals surface area contributed by atoms with E-state index in [9.17, 15) is 9.59 Å². The predicted octanol–water partition coefficient (Wildman–Crippen LogP) is 4.86. The Labute approximate surface area is 189 Å². The van der Waals surface area contributed by atoms with Crippen LogP contribution in [0.4, 0.5) is 10.5 Å². The third kappa shape index (κ3) is 6.64. The van der Waals surface area contributed by atoms with Crippen molar-refractivity contribution < 1.29 is 23.8 Å². The zero-order valence-corrected chi connectivity index (χ0v) is 19.2. The molecule has 3 rings (SSSR count). The average molecular weight is 441 g/mol. The Balaban J connectivity index is 1.62. The molecule has 0 aliphatic carbocycles. The highest BCUT2D eigenvalue weighted by atomic mass is 16.6. The summed E-state index contributed by atoms with van der Waals surface area (Å²) in [6, 6.07) is 15.4. The largest absolute Gasteiger partial charge is 0.489 e. The Bertz CT molecular complexity index is 916. The number of hydrogen-bond donors (Lipinski definition) is 1. The van der Waals surface area contributed by atoms with Gasteiger partial charge in [0.1, 0.15) is 18.0 Å². The molecule has 0 saturated carbocycles. The number of carbonyl (C=O) groups excluding carboxylic acids is 2. The van der Waals surface area contributed by atoms with Gasteiger partial charge in [-0.2, -0.15) is 0 Å². The molecule has 1 saturated heterocycles. The molecular formula is C25H32N2O5. The van der Waals surface area contributed by atoms with Gasteiger partial charge in [-0.1, -0.05) is 30.3 Å². The quantitative estimate of drug-likeness (QED) is 0.646. The molecule has 32 heavy (non-hydrogen) atoms. The van der Waals surface area contributed by atoms with Crippen LogP contribution in [0.5, 0.6) is 5.75 Å². The van der Waals surface area contributed by atoms with Crippen molar-refractivity contribution in [3.05, 3.63) is 59.7 Å². The van der Waals surface area contributed by atoms with Gasteiger partial charge in [-0.3, -0.25) is 0 Å². The van der Waals surface area contributed by atoms with E-state index >= 15 is 0 Å². The number of nitrogens with zero attached hydrogens (tertiary/aromatic N) is 1. The lowest BCUT2D eigenvalue weighted by atomic mass is 10.0. The van der Waals surface area contributed by atoms with Gasteiger partial charge in [0.05, 0.1) is 12.7 Å². The van der Waals surface area contributed by atoms with E-state index in [0.717, 1.165) is 18.4 Å². The van der Waals surface area contributed by atoms with Gasteiger partial charge in [-0.25, -0.2) is 9.59 Å². The summed E-state index contributed by atoms with van der Waals surface area (Å²) in [5, 5.41) is 3.44. The Kier molecular flexibility index (Phi) is 7.62. The lowest BCUT2D eigenvalue weighted by Crippen LogP contribution is -2.44. The number of piperidine rings is 1. The summed E-state index contributed by atoms with van der Waals surface area (Å²) in [5.74, 6) is 0.170. The SMILES string of the molecule is COC(=O)c1cc(OCc2ccccc2)ccc1NC1CCN(C(=O)OC(C)(C)C)CC1. The van der Waals surface area contributed by atoms with Gasteiger partial charge in [0.2, 0.25) is 0 Å².